The summed E-state index contributed by atoms with van der Waals surface area (Å²) in [6.45, 7) is 30.1. The number of amides is 3. The first-order valence-corrected chi connectivity index (χ1v) is 25.5. The first-order chi connectivity index (χ1) is 35.0. The lowest BCUT2D eigenvalue weighted by atomic mass is 9.80. The molecule has 1 aliphatic heterocycles. The van der Waals surface area contributed by atoms with E-state index in [2.05, 4.69) is 147 Å². The van der Waals surface area contributed by atoms with Gasteiger partial charge in [0.05, 0.1) is 5.69 Å². The summed E-state index contributed by atoms with van der Waals surface area (Å²) in [6, 6.07) is 36.8. The molecule has 5 nitrogen and oxygen atoms in total. The van der Waals surface area contributed by atoms with E-state index in [1.165, 1.54) is 4.90 Å². The summed E-state index contributed by atoms with van der Waals surface area (Å²) in [5.74, 6) is 12.8. The number of nitrogens with one attached hydrogen (secondary N) is 1. The molecule has 3 amide bonds. The number of benzene rings is 8. The predicted octanol–water partition coefficient (Wildman–Crippen LogP) is 14.8. The van der Waals surface area contributed by atoms with E-state index in [-0.39, 0.29) is 47.3 Å². The lowest BCUT2D eigenvalue weighted by Gasteiger charge is -2.32. The second-order valence-electron chi connectivity index (χ2n) is 21.0. The van der Waals surface area contributed by atoms with Crippen molar-refractivity contribution < 1.29 is 14.4 Å². The second kappa shape index (κ2) is 18.7. The van der Waals surface area contributed by atoms with Gasteiger partial charge in [0, 0.05) is 44.8 Å². The Labute approximate surface area is 429 Å². The van der Waals surface area contributed by atoms with Crippen molar-refractivity contribution in [3.05, 3.63) is 194 Å². The smallest absolute Gasteiger partial charge is 0.266 e. The molecule has 1 unspecified atom stereocenters. The van der Waals surface area contributed by atoms with Gasteiger partial charge >= 0.3 is 0 Å². The van der Waals surface area contributed by atoms with Gasteiger partial charge in [-0.3, -0.25) is 14.4 Å². The number of imide groups is 1. The molecule has 1 N–H and O–H groups in total. The van der Waals surface area contributed by atoms with E-state index in [0.717, 1.165) is 104 Å². The van der Waals surface area contributed by atoms with E-state index in [4.69, 9.17) is 0 Å². The highest BCUT2D eigenvalue weighted by Gasteiger charge is 2.38. The number of carbonyl (C=O) groups excluding carboxylic acids is 3. The van der Waals surface area contributed by atoms with Crippen LogP contribution in [0.1, 0.15) is 147 Å². The Morgan fingerprint density at radius 1 is 0.575 bits per heavy atom. The minimum atomic E-state index is -0.292. The molecule has 10 rings (SSSR count). The maximum Gasteiger partial charge on any atom is 0.266 e. The Hall–Kier alpha value is -8.25. The van der Waals surface area contributed by atoms with Gasteiger partial charge in [0.15, 0.2) is 0 Å². The quantitative estimate of drug-likeness (QED) is 0.0714. The average Bonchev–Trinajstić information content (AvgIpc) is 3.37. The van der Waals surface area contributed by atoms with Gasteiger partial charge in [0.25, 0.3) is 17.7 Å². The summed E-state index contributed by atoms with van der Waals surface area (Å²) in [7, 11) is 0. The lowest BCUT2D eigenvalue weighted by molar-refractivity contribution is -0.112. The third-order valence-corrected chi connectivity index (χ3v) is 15.2. The summed E-state index contributed by atoms with van der Waals surface area (Å²) in [5, 5.41) is 12.8. The maximum atomic E-state index is 14.7. The molecule has 73 heavy (non-hydrogen) atoms. The molecule has 0 bridgehead atoms. The Kier molecular flexibility index (Phi) is 12.4. The van der Waals surface area contributed by atoms with Crippen LogP contribution in [0, 0.1) is 29.6 Å². The Morgan fingerprint density at radius 2 is 1.10 bits per heavy atom. The van der Waals surface area contributed by atoms with Crippen molar-refractivity contribution in [2.75, 3.05) is 10.2 Å². The summed E-state index contributed by atoms with van der Waals surface area (Å²) >= 11 is 0. The van der Waals surface area contributed by atoms with E-state index in [0.29, 0.717) is 27.8 Å². The number of fused-ring (bicyclic) bond motifs is 2. The van der Waals surface area contributed by atoms with Crippen LogP contribution >= 0.6 is 0 Å². The SMILES string of the molecule is C=C1C(C(=O)Nc2c(C(C)C)cccc2C(C)C)=CC=C(c2cccc(=C(C)C#CC#Cc3ccc4c5ccc6c7c(ccc(c8cccc3c84)c75)C(=O)N(c3c(C(C)C)cccc3C(C)C)C6=O)c2=C)C1C. The topological polar surface area (TPSA) is 66.5 Å². The summed E-state index contributed by atoms with van der Waals surface area (Å²) in [6.07, 6.45) is 3.92. The molecule has 1 atom stereocenters. The van der Waals surface area contributed by atoms with Crippen molar-refractivity contribution in [1.82, 2.24) is 0 Å². The Bertz CT molecular complexity index is 3920. The molecular weight excluding hydrogens is 893 g/mol. The zero-order chi connectivity index (χ0) is 51.7. The molecular formula is C68H60N2O3. The molecule has 1 aliphatic carbocycles. The van der Waals surface area contributed by atoms with Gasteiger partial charge in [-0.25, -0.2) is 4.90 Å². The number of hydrogen-bond donors (Lipinski definition) is 1. The van der Waals surface area contributed by atoms with Crippen molar-refractivity contribution in [2.45, 2.75) is 92.9 Å². The average molecular weight is 953 g/mol. The van der Waals surface area contributed by atoms with Crippen molar-refractivity contribution in [3.63, 3.8) is 0 Å². The van der Waals surface area contributed by atoms with Crippen molar-refractivity contribution in [2.24, 2.45) is 5.92 Å². The molecule has 8 aromatic carbocycles. The number of rotatable bonds is 8. The third kappa shape index (κ3) is 7.96. The minimum absolute atomic E-state index is 0.114. The largest absolute Gasteiger partial charge is 0.321 e. The first-order valence-electron chi connectivity index (χ1n) is 25.5. The fraction of sp³-hybridized carbons (Fsp3) is 0.221. The molecule has 0 aromatic heterocycles. The second-order valence-corrected chi connectivity index (χ2v) is 21.0. The molecule has 0 saturated carbocycles. The number of para-hydroxylation sites is 2. The molecule has 5 heteroatoms. The van der Waals surface area contributed by atoms with E-state index in [1.807, 2.05) is 85.8 Å². The number of carbonyl (C=O) groups is 3. The Balaban J connectivity index is 0.974. The fourth-order valence-electron chi connectivity index (χ4n) is 11.3. The zero-order valence-corrected chi connectivity index (χ0v) is 43.5. The number of hydrogen-bond acceptors (Lipinski definition) is 3. The zero-order valence-electron chi connectivity index (χ0n) is 43.5. The van der Waals surface area contributed by atoms with Crippen LogP contribution in [0.25, 0.3) is 60.8 Å². The van der Waals surface area contributed by atoms with Crippen molar-refractivity contribution >= 4 is 89.9 Å². The summed E-state index contributed by atoms with van der Waals surface area (Å²) in [5.41, 5.74) is 11.9. The molecule has 0 fully saturated rings. The van der Waals surface area contributed by atoms with Crippen LogP contribution < -0.4 is 20.7 Å². The van der Waals surface area contributed by atoms with Crippen LogP contribution in [-0.2, 0) is 4.79 Å². The van der Waals surface area contributed by atoms with Gasteiger partial charge in [-0.1, -0.05) is 184 Å². The molecule has 0 spiro atoms. The standard InChI is InChI=1S/C68H60N2O3/c1-37(2)46-21-15-22-47(38(3)4)64(46)69-66(71)53-32-31-52(42(10)43(53)11)51-26-17-25-50(44(51)12)41(9)19-13-14-20-45-29-30-56-58-34-36-60-63-59(35-33-57(62(58)63)55-28-18-27-54(45)61(55)56)67(72)70(68(60)73)65-48(39(5)6)23-16-24-49(65)40(7)8/h15-18,21-40,42H,11-12H2,1-10H3,(H,69,71). The normalized spacial score (nSPS) is 15.1. The molecule has 0 radical (unpaired) electrons. The summed E-state index contributed by atoms with van der Waals surface area (Å²) < 4.78 is 0. The summed E-state index contributed by atoms with van der Waals surface area (Å²) in [4.78, 5) is 44.8. The molecule has 360 valence electrons. The molecule has 2 aliphatic rings. The van der Waals surface area contributed by atoms with E-state index in [1.54, 1.807) is 0 Å². The van der Waals surface area contributed by atoms with Gasteiger partial charge in [0.2, 0.25) is 0 Å². The predicted molar refractivity (Wildman–Crippen MR) is 306 cm³/mol. The molecule has 0 saturated heterocycles. The highest BCUT2D eigenvalue weighted by molar-refractivity contribution is 6.42. The van der Waals surface area contributed by atoms with Gasteiger partial charge < -0.3 is 5.32 Å². The highest BCUT2D eigenvalue weighted by atomic mass is 16.2. The maximum absolute atomic E-state index is 14.7. The van der Waals surface area contributed by atoms with Crippen LogP contribution in [0.3, 0.4) is 0 Å². The lowest BCUT2D eigenvalue weighted by Crippen LogP contribution is -2.41. The van der Waals surface area contributed by atoms with Gasteiger partial charge in [-0.2, -0.15) is 0 Å². The van der Waals surface area contributed by atoms with E-state index < -0.39 is 0 Å². The van der Waals surface area contributed by atoms with Crippen LogP contribution in [0.2, 0.25) is 0 Å². The van der Waals surface area contributed by atoms with Crippen LogP contribution in [0.15, 0.2) is 139 Å². The van der Waals surface area contributed by atoms with E-state index in [9.17, 15) is 14.4 Å². The minimum Gasteiger partial charge on any atom is -0.321 e. The molecule has 8 aromatic rings. The van der Waals surface area contributed by atoms with Gasteiger partial charge in [-0.15, -0.1) is 0 Å². The first kappa shape index (κ1) is 48.4. The Morgan fingerprint density at radius 3 is 1.70 bits per heavy atom. The third-order valence-electron chi connectivity index (χ3n) is 15.2. The number of anilines is 2. The van der Waals surface area contributed by atoms with E-state index >= 15 is 0 Å². The van der Waals surface area contributed by atoms with Crippen LogP contribution in [0.5, 0.6) is 0 Å². The van der Waals surface area contributed by atoms with Gasteiger partial charge in [0.1, 0.15) is 0 Å². The van der Waals surface area contributed by atoms with Gasteiger partial charge in [-0.05, 0) is 154 Å². The fourth-order valence-corrected chi connectivity index (χ4v) is 11.3. The van der Waals surface area contributed by atoms with Crippen LogP contribution in [0.4, 0.5) is 11.4 Å². The molecule has 1 heterocycles. The highest BCUT2D eigenvalue weighted by Crippen LogP contribution is 2.47. The number of allylic oxidation sites excluding steroid dienone is 3. The number of nitrogens with zero attached hydrogens (tertiary/aromatic N) is 1. The van der Waals surface area contributed by atoms with Crippen molar-refractivity contribution in [3.8, 4) is 23.7 Å². The van der Waals surface area contributed by atoms with Crippen molar-refractivity contribution in [1.29, 1.82) is 0 Å². The van der Waals surface area contributed by atoms with Crippen LogP contribution in [-0.4, -0.2) is 17.7 Å². The monoisotopic (exact) mass is 952 g/mol.